The number of hydrogen-bond acceptors (Lipinski definition) is 7. The summed E-state index contributed by atoms with van der Waals surface area (Å²) in [6, 6.07) is 2.99. The van der Waals surface area contributed by atoms with E-state index in [9.17, 15) is 28.8 Å². The van der Waals surface area contributed by atoms with Gasteiger partial charge < -0.3 is 37.0 Å². The maximum absolute atomic E-state index is 12.9. The molecule has 0 heterocycles. The summed E-state index contributed by atoms with van der Waals surface area (Å²) >= 11 is 0. The highest BCUT2D eigenvalue weighted by Gasteiger charge is 2.31. The van der Waals surface area contributed by atoms with Crippen LogP contribution in [-0.4, -0.2) is 75.1 Å². The summed E-state index contributed by atoms with van der Waals surface area (Å²) in [5.41, 5.74) is 6.33. The van der Waals surface area contributed by atoms with Crippen molar-refractivity contribution in [3.63, 3.8) is 0 Å². The molecule has 0 aliphatic heterocycles. The number of carboxylic acids is 3. The summed E-state index contributed by atoms with van der Waals surface area (Å²) in [5, 5.41) is 33.5. The normalized spacial score (nSPS) is 14.1. The van der Waals surface area contributed by atoms with Crippen molar-refractivity contribution < 1.29 is 44.1 Å². The first-order valence-electron chi connectivity index (χ1n) is 10.3. The van der Waals surface area contributed by atoms with Crippen LogP contribution in [0, 0.1) is 0 Å². The van der Waals surface area contributed by atoms with Gasteiger partial charge in [-0.15, -0.1) is 0 Å². The van der Waals surface area contributed by atoms with Gasteiger partial charge >= 0.3 is 17.9 Å². The second kappa shape index (κ2) is 13.5. The molecule has 186 valence electrons. The molecule has 0 aromatic heterocycles. The molecule has 1 aromatic carbocycles. The van der Waals surface area contributed by atoms with Crippen LogP contribution in [0.3, 0.4) is 0 Å². The number of rotatable bonds is 14. The van der Waals surface area contributed by atoms with Gasteiger partial charge in [0, 0.05) is 12.8 Å². The summed E-state index contributed by atoms with van der Waals surface area (Å²) < 4.78 is 0. The molecule has 4 atom stereocenters. The van der Waals surface area contributed by atoms with Gasteiger partial charge in [0.15, 0.2) is 0 Å². The quantitative estimate of drug-likeness (QED) is 0.162. The Bertz CT molecular complexity index is 907. The Morgan fingerprint density at radius 2 is 1.38 bits per heavy atom. The van der Waals surface area contributed by atoms with Gasteiger partial charge in [0.05, 0.1) is 12.5 Å². The highest BCUT2D eigenvalue weighted by Crippen LogP contribution is 2.06. The maximum Gasteiger partial charge on any atom is 0.325 e. The van der Waals surface area contributed by atoms with Gasteiger partial charge in [0.25, 0.3) is 0 Å². The van der Waals surface area contributed by atoms with Crippen molar-refractivity contribution in [3.05, 3.63) is 35.9 Å². The van der Waals surface area contributed by atoms with E-state index >= 15 is 0 Å². The second-order valence-electron chi connectivity index (χ2n) is 7.52. The summed E-state index contributed by atoms with van der Waals surface area (Å²) in [7, 11) is 0. The number of aliphatic carboxylic acids is 3. The standard InChI is InChI=1S/C21H28N4O9/c1-11(21(33)34)23-19(31)15(10-17(28)29)25-20(32)14(9-12-5-3-2-4-6-12)24-18(30)13(22)7-8-16(26)27/h2-6,11,13-15H,7-10,22H2,1H3,(H,23,31)(H,24,30)(H,25,32)(H,26,27)(H,28,29)(H,33,34). The number of carbonyl (C=O) groups excluding carboxylic acids is 3. The van der Waals surface area contributed by atoms with E-state index < -0.39 is 66.2 Å². The third-order valence-electron chi connectivity index (χ3n) is 4.66. The Labute approximate surface area is 194 Å². The van der Waals surface area contributed by atoms with Gasteiger partial charge in [-0.3, -0.25) is 28.8 Å². The van der Waals surface area contributed by atoms with Gasteiger partial charge in [-0.05, 0) is 18.9 Å². The third-order valence-corrected chi connectivity index (χ3v) is 4.66. The molecule has 13 nitrogen and oxygen atoms in total. The predicted molar refractivity (Wildman–Crippen MR) is 116 cm³/mol. The Morgan fingerprint density at radius 3 is 1.91 bits per heavy atom. The first-order chi connectivity index (χ1) is 15.9. The molecule has 1 aromatic rings. The van der Waals surface area contributed by atoms with Gasteiger partial charge in [0.2, 0.25) is 17.7 Å². The van der Waals surface area contributed by atoms with Crippen LogP contribution in [0.15, 0.2) is 30.3 Å². The van der Waals surface area contributed by atoms with Crippen LogP contribution >= 0.6 is 0 Å². The van der Waals surface area contributed by atoms with Crippen LogP contribution in [0.25, 0.3) is 0 Å². The number of hydrogen-bond donors (Lipinski definition) is 7. The zero-order valence-corrected chi connectivity index (χ0v) is 18.4. The van der Waals surface area contributed by atoms with Crippen LogP contribution in [0.1, 0.15) is 31.7 Å². The number of carboxylic acid groups (broad SMARTS) is 3. The molecule has 0 spiro atoms. The van der Waals surface area contributed by atoms with Gasteiger partial charge in [-0.25, -0.2) is 0 Å². The lowest BCUT2D eigenvalue weighted by atomic mass is 10.0. The number of benzene rings is 1. The SMILES string of the molecule is CC(NC(=O)C(CC(=O)O)NC(=O)C(Cc1ccccc1)NC(=O)C(N)CCC(=O)O)C(=O)O. The third kappa shape index (κ3) is 10.1. The lowest BCUT2D eigenvalue weighted by Crippen LogP contribution is -2.57. The molecule has 0 saturated heterocycles. The summed E-state index contributed by atoms with van der Waals surface area (Å²) in [6.45, 7) is 1.16. The molecule has 0 aliphatic carbocycles. The fourth-order valence-corrected chi connectivity index (χ4v) is 2.78. The molecule has 3 amide bonds. The van der Waals surface area contributed by atoms with Crippen LogP contribution in [-0.2, 0) is 35.2 Å². The maximum atomic E-state index is 12.9. The molecule has 0 radical (unpaired) electrons. The van der Waals surface area contributed by atoms with Crippen molar-refractivity contribution in [3.8, 4) is 0 Å². The monoisotopic (exact) mass is 480 g/mol. The fraction of sp³-hybridized carbons (Fsp3) is 0.429. The molecule has 13 heteroatoms. The summed E-state index contributed by atoms with van der Waals surface area (Å²) in [5.74, 6) is -6.70. The van der Waals surface area contributed by atoms with Crippen molar-refractivity contribution in [2.45, 2.75) is 56.8 Å². The zero-order chi connectivity index (χ0) is 25.8. The van der Waals surface area contributed by atoms with Gasteiger partial charge in [-0.2, -0.15) is 0 Å². The average Bonchev–Trinajstić information content (AvgIpc) is 2.76. The molecule has 8 N–H and O–H groups in total. The van der Waals surface area contributed by atoms with Crippen molar-refractivity contribution in [2.75, 3.05) is 0 Å². The molecule has 0 bridgehead atoms. The largest absolute Gasteiger partial charge is 0.481 e. The molecular weight excluding hydrogens is 452 g/mol. The van der Waals surface area contributed by atoms with E-state index in [0.29, 0.717) is 5.56 Å². The Balaban J connectivity index is 3.04. The number of nitrogens with one attached hydrogen (secondary N) is 3. The minimum atomic E-state index is -1.62. The molecule has 0 fully saturated rings. The van der Waals surface area contributed by atoms with Crippen LogP contribution in [0.2, 0.25) is 0 Å². The predicted octanol–water partition coefficient (Wildman–Crippen LogP) is -1.55. The lowest BCUT2D eigenvalue weighted by Gasteiger charge is -2.24. The topological polar surface area (TPSA) is 225 Å². The van der Waals surface area contributed by atoms with E-state index in [-0.39, 0.29) is 19.3 Å². The zero-order valence-electron chi connectivity index (χ0n) is 18.4. The van der Waals surface area contributed by atoms with Crippen LogP contribution in [0.4, 0.5) is 0 Å². The van der Waals surface area contributed by atoms with Crippen molar-refractivity contribution in [2.24, 2.45) is 5.73 Å². The van der Waals surface area contributed by atoms with Crippen molar-refractivity contribution in [1.82, 2.24) is 16.0 Å². The van der Waals surface area contributed by atoms with E-state index in [1.165, 1.54) is 0 Å². The van der Waals surface area contributed by atoms with Crippen molar-refractivity contribution >= 4 is 35.6 Å². The number of amides is 3. The van der Waals surface area contributed by atoms with Crippen LogP contribution < -0.4 is 21.7 Å². The van der Waals surface area contributed by atoms with Gasteiger partial charge in [0.1, 0.15) is 18.1 Å². The Hall–Kier alpha value is -4.00. The minimum absolute atomic E-state index is 0.0446. The minimum Gasteiger partial charge on any atom is -0.481 e. The first-order valence-corrected chi connectivity index (χ1v) is 10.3. The average molecular weight is 480 g/mol. The van der Waals surface area contributed by atoms with Crippen molar-refractivity contribution in [1.29, 1.82) is 0 Å². The fourth-order valence-electron chi connectivity index (χ4n) is 2.78. The van der Waals surface area contributed by atoms with E-state index in [1.54, 1.807) is 30.3 Å². The Morgan fingerprint density at radius 1 is 0.824 bits per heavy atom. The highest BCUT2D eigenvalue weighted by atomic mass is 16.4. The first kappa shape index (κ1) is 28.0. The molecule has 34 heavy (non-hydrogen) atoms. The van der Waals surface area contributed by atoms with Gasteiger partial charge in [-0.1, -0.05) is 30.3 Å². The molecule has 4 unspecified atom stereocenters. The van der Waals surface area contributed by atoms with E-state index in [1.807, 2.05) is 0 Å². The molecule has 0 saturated carbocycles. The summed E-state index contributed by atoms with van der Waals surface area (Å²) in [4.78, 5) is 70.6. The smallest absolute Gasteiger partial charge is 0.325 e. The lowest BCUT2D eigenvalue weighted by molar-refractivity contribution is -0.143. The van der Waals surface area contributed by atoms with E-state index in [2.05, 4.69) is 16.0 Å². The highest BCUT2D eigenvalue weighted by molar-refractivity contribution is 5.95. The molecular formula is C21H28N4O9. The van der Waals surface area contributed by atoms with E-state index in [0.717, 1.165) is 6.92 Å². The summed E-state index contributed by atoms with van der Waals surface area (Å²) in [6.07, 6.45) is -1.43. The molecule has 0 aliphatic rings. The number of nitrogens with two attached hydrogens (primary N) is 1. The Kier molecular flexibility index (Phi) is 11.2. The molecule has 1 rings (SSSR count). The second-order valence-corrected chi connectivity index (χ2v) is 7.52. The van der Waals surface area contributed by atoms with E-state index in [4.69, 9.17) is 21.1 Å². The number of carbonyl (C=O) groups is 6. The van der Waals surface area contributed by atoms with Crippen LogP contribution in [0.5, 0.6) is 0 Å².